The predicted octanol–water partition coefficient (Wildman–Crippen LogP) is 2.15. The van der Waals surface area contributed by atoms with Gasteiger partial charge in [-0.3, -0.25) is 0 Å². The third kappa shape index (κ3) is 3.54. The highest BCUT2D eigenvalue weighted by molar-refractivity contribution is 9.10. The quantitative estimate of drug-likeness (QED) is 0.779. The molecule has 20 heavy (non-hydrogen) atoms. The molecule has 9 heteroatoms. The molecular weight excluding hydrogens is 369 g/mol. The lowest BCUT2D eigenvalue weighted by molar-refractivity contribution is 0.580. The molecule has 0 fully saturated rings. The number of benzene rings is 1. The number of nitrogens with one attached hydrogen (secondary N) is 1. The van der Waals surface area contributed by atoms with E-state index in [9.17, 15) is 12.8 Å². The molecule has 0 aliphatic heterocycles. The van der Waals surface area contributed by atoms with Crippen LogP contribution >= 0.6 is 27.3 Å². The number of anilines is 1. The lowest BCUT2D eigenvalue weighted by Crippen LogP contribution is -2.26. The van der Waals surface area contributed by atoms with E-state index in [-0.39, 0.29) is 21.6 Å². The first-order chi connectivity index (χ1) is 9.40. The van der Waals surface area contributed by atoms with Crippen molar-refractivity contribution >= 4 is 43.0 Å². The average Bonchev–Trinajstić information content (AvgIpc) is 2.86. The molecule has 5 nitrogen and oxygen atoms in total. The van der Waals surface area contributed by atoms with Crippen LogP contribution < -0.4 is 10.5 Å². The van der Waals surface area contributed by atoms with Gasteiger partial charge in [0.05, 0.1) is 15.6 Å². The van der Waals surface area contributed by atoms with E-state index in [1.54, 1.807) is 6.20 Å². The molecule has 0 amide bonds. The van der Waals surface area contributed by atoms with Crippen LogP contribution in [-0.4, -0.2) is 19.9 Å². The number of hydrogen-bond acceptors (Lipinski definition) is 5. The van der Waals surface area contributed by atoms with Crippen LogP contribution in [0.5, 0.6) is 0 Å². The SMILES string of the molecule is Nc1cc(S(=O)(=O)NCCc2nccs2)c(Br)cc1F. The molecule has 1 aromatic carbocycles. The third-order valence-corrected chi connectivity index (χ3v) is 5.71. The van der Waals surface area contributed by atoms with Crippen LogP contribution in [0.3, 0.4) is 0 Å². The van der Waals surface area contributed by atoms with E-state index in [2.05, 4.69) is 25.6 Å². The van der Waals surface area contributed by atoms with Gasteiger partial charge in [0.2, 0.25) is 10.0 Å². The Bertz CT molecular complexity index is 705. The normalized spacial score (nSPS) is 11.7. The Balaban J connectivity index is 2.12. The van der Waals surface area contributed by atoms with Crippen molar-refractivity contribution in [1.82, 2.24) is 9.71 Å². The fourth-order valence-electron chi connectivity index (χ4n) is 1.50. The number of rotatable bonds is 5. The summed E-state index contributed by atoms with van der Waals surface area (Å²) in [7, 11) is -3.75. The van der Waals surface area contributed by atoms with Gasteiger partial charge in [-0.1, -0.05) is 0 Å². The van der Waals surface area contributed by atoms with E-state index in [1.165, 1.54) is 11.3 Å². The minimum absolute atomic E-state index is 0.0875. The first-order valence-corrected chi connectivity index (χ1v) is 8.68. The first kappa shape index (κ1) is 15.4. The molecule has 0 unspecified atom stereocenters. The Morgan fingerprint density at radius 3 is 2.85 bits per heavy atom. The maximum atomic E-state index is 13.2. The van der Waals surface area contributed by atoms with Crippen LogP contribution in [0, 0.1) is 5.82 Å². The molecule has 1 aromatic heterocycles. The summed E-state index contributed by atoms with van der Waals surface area (Å²) in [5.41, 5.74) is 5.18. The number of nitrogens with two attached hydrogens (primary N) is 1. The van der Waals surface area contributed by atoms with Crippen molar-refractivity contribution in [3.05, 3.63) is 39.0 Å². The topological polar surface area (TPSA) is 85.1 Å². The van der Waals surface area contributed by atoms with Crippen LogP contribution in [0.15, 0.2) is 33.1 Å². The Kier molecular flexibility index (Phi) is 4.74. The van der Waals surface area contributed by atoms with Crippen molar-refractivity contribution in [2.45, 2.75) is 11.3 Å². The molecule has 2 rings (SSSR count). The van der Waals surface area contributed by atoms with Crippen LogP contribution in [0.25, 0.3) is 0 Å². The maximum absolute atomic E-state index is 13.2. The Labute approximate surface area is 128 Å². The molecule has 0 atom stereocenters. The number of aromatic nitrogens is 1. The predicted molar refractivity (Wildman–Crippen MR) is 79.5 cm³/mol. The van der Waals surface area contributed by atoms with Gasteiger partial charge in [0.1, 0.15) is 5.82 Å². The van der Waals surface area contributed by atoms with Gasteiger partial charge in [-0.25, -0.2) is 22.5 Å². The Morgan fingerprint density at radius 1 is 1.45 bits per heavy atom. The molecule has 0 saturated heterocycles. The molecular formula is C11H11BrFN3O2S2. The van der Waals surface area contributed by atoms with Crippen molar-refractivity contribution in [3.63, 3.8) is 0 Å². The highest BCUT2D eigenvalue weighted by Crippen LogP contribution is 2.26. The second-order valence-corrected chi connectivity index (χ2v) is 7.45. The maximum Gasteiger partial charge on any atom is 0.241 e. The average molecular weight is 380 g/mol. The molecule has 108 valence electrons. The highest BCUT2D eigenvalue weighted by Gasteiger charge is 2.19. The summed E-state index contributed by atoms with van der Waals surface area (Å²) in [6, 6.07) is 2.12. The molecule has 2 aromatic rings. The Morgan fingerprint density at radius 2 is 2.20 bits per heavy atom. The van der Waals surface area contributed by atoms with Gasteiger partial charge >= 0.3 is 0 Å². The smallest absolute Gasteiger partial charge is 0.241 e. The molecule has 1 heterocycles. The zero-order chi connectivity index (χ0) is 14.8. The van der Waals surface area contributed by atoms with Gasteiger partial charge in [0, 0.05) is 29.0 Å². The van der Waals surface area contributed by atoms with Gasteiger partial charge in [0.25, 0.3) is 0 Å². The van der Waals surface area contributed by atoms with E-state index >= 15 is 0 Å². The highest BCUT2D eigenvalue weighted by atomic mass is 79.9. The first-order valence-electron chi connectivity index (χ1n) is 5.52. The second kappa shape index (κ2) is 6.17. The largest absolute Gasteiger partial charge is 0.396 e. The van der Waals surface area contributed by atoms with Gasteiger partial charge in [-0.15, -0.1) is 11.3 Å². The summed E-state index contributed by atoms with van der Waals surface area (Å²) in [4.78, 5) is 3.97. The van der Waals surface area contributed by atoms with E-state index in [0.717, 1.165) is 17.1 Å². The number of nitrogen functional groups attached to an aromatic ring is 1. The Hall–Kier alpha value is -1.03. The van der Waals surface area contributed by atoms with Crippen LogP contribution in [0.2, 0.25) is 0 Å². The van der Waals surface area contributed by atoms with Crippen molar-refractivity contribution in [1.29, 1.82) is 0 Å². The van der Waals surface area contributed by atoms with Gasteiger partial charge < -0.3 is 5.73 Å². The minimum atomic E-state index is -3.75. The van der Waals surface area contributed by atoms with E-state index < -0.39 is 15.8 Å². The molecule has 0 spiro atoms. The number of sulfonamides is 1. The van der Waals surface area contributed by atoms with Crippen molar-refractivity contribution in [2.24, 2.45) is 0 Å². The molecule has 0 saturated carbocycles. The fourth-order valence-corrected chi connectivity index (χ4v) is 4.20. The van der Waals surface area contributed by atoms with E-state index in [4.69, 9.17) is 5.73 Å². The minimum Gasteiger partial charge on any atom is -0.396 e. The third-order valence-electron chi connectivity index (χ3n) is 2.46. The lowest BCUT2D eigenvalue weighted by Gasteiger charge is -2.09. The molecule has 3 N–H and O–H groups in total. The molecule has 0 aliphatic rings. The van der Waals surface area contributed by atoms with E-state index in [0.29, 0.717) is 6.42 Å². The summed E-state index contributed by atoms with van der Waals surface area (Å²) in [5.74, 6) is -0.668. The number of nitrogens with zero attached hydrogens (tertiary/aromatic N) is 1. The number of hydrogen-bond donors (Lipinski definition) is 2. The molecule has 0 bridgehead atoms. The molecule has 0 radical (unpaired) electrons. The number of halogens is 2. The summed E-state index contributed by atoms with van der Waals surface area (Å²) < 4.78 is 40.0. The van der Waals surface area contributed by atoms with E-state index in [1.807, 2.05) is 5.38 Å². The zero-order valence-corrected chi connectivity index (χ0v) is 13.4. The zero-order valence-electron chi connectivity index (χ0n) is 10.1. The second-order valence-electron chi connectivity index (χ2n) is 3.88. The van der Waals surface area contributed by atoms with Crippen LogP contribution in [0.4, 0.5) is 10.1 Å². The standard InChI is InChI=1S/C11H11BrFN3O2S2/c12-7-5-8(13)9(14)6-10(7)20(17,18)16-2-1-11-15-3-4-19-11/h3-6,16H,1-2,14H2. The lowest BCUT2D eigenvalue weighted by atomic mass is 10.3. The van der Waals surface area contributed by atoms with Gasteiger partial charge in [-0.05, 0) is 28.1 Å². The van der Waals surface area contributed by atoms with Gasteiger partial charge in [-0.2, -0.15) is 0 Å². The van der Waals surface area contributed by atoms with Crippen LogP contribution in [0.1, 0.15) is 5.01 Å². The van der Waals surface area contributed by atoms with Crippen LogP contribution in [-0.2, 0) is 16.4 Å². The summed E-state index contributed by atoms with van der Waals surface area (Å²) in [5, 5.41) is 2.66. The van der Waals surface area contributed by atoms with Gasteiger partial charge in [0.15, 0.2) is 0 Å². The van der Waals surface area contributed by atoms with Crippen molar-refractivity contribution in [2.75, 3.05) is 12.3 Å². The monoisotopic (exact) mass is 379 g/mol. The number of thiazole rings is 1. The summed E-state index contributed by atoms with van der Waals surface area (Å²) in [6.07, 6.45) is 2.15. The fraction of sp³-hybridized carbons (Fsp3) is 0.182. The summed E-state index contributed by atoms with van der Waals surface area (Å²) >= 11 is 4.47. The molecule has 0 aliphatic carbocycles. The van der Waals surface area contributed by atoms with Crippen molar-refractivity contribution < 1.29 is 12.8 Å². The van der Waals surface area contributed by atoms with Crippen molar-refractivity contribution in [3.8, 4) is 0 Å². The summed E-state index contributed by atoms with van der Waals surface area (Å²) in [6.45, 7) is 0.208.